The topological polar surface area (TPSA) is 115 Å². The maximum absolute atomic E-state index is 11.7. The first-order valence-corrected chi connectivity index (χ1v) is 9.46. The first-order chi connectivity index (χ1) is 14.0. The Morgan fingerprint density at radius 1 is 1.14 bits per heavy atom. The molecule has 2 N–H and O–H groups in total. The van der Waals surface area contributed by atoms with Crippen molar-refractivity contribution >= 4 is 61.3 Å². The van der Waals surface area contributed by atoms with Crippen LogP contribution in [-0.4, -0.2) is 27.0 Å². The van der Waals surface area contributed by atoms with Crippen LogP contribution in [0, 0.1) is 10.1 Å². The van der Waals surface area contributed by atoms with Crippen LogP contribution in [0.5, 0.6) is 5.75 Å². The van der Waals surface area contributed by atoms with Crippen LogP contribution >= 0.6 is 22.9 Å². The Morgan fingerprint density at radius 3 is 2.66 bits per heavy atom. The summed E-state index contributed by atoms with van der Waals surface area (Å²) in [5, 5.41) is 18.5. The van der Waals surface area contributed by atoms with Crippen LogP contribution in [0.15, 0.2) is 48.8 Å². The van der Waals surface area contributed by atoms with E-state index in [1.54, 1.807) is 37.4 Å². The minimum atomic E-state index is -0.550. The Labute approximate surface area is 173 Å². The van der Waals surface area contributed by atoms with E-state index in [4.69, 9.17) is 16.3 Å². The molecule has 146 valence electrons. The Hall–Kier alpha value is -3.50. The number of nitrogens with one attached hydrogen (secondary N) is 2. The van der Waals surface area contributed by atoms with E-state index < -0.39 is 4.92 Å². The summed E-state index contributed by atoms with van der Waals surface area (Å²) < 4.78 is 6.09. The molecule has 0 radical (unpaired) electrons. The molecular weight excluding hydrogens is 416 g/mol. The summed E-state index contributed by atoms with van der Waals surface area (Å²) in [6.07, 6.45) is 1.23. The van der Waals surface area contributed by atoms with Gasteiger partial charge in [-0.05, 0) is 36.4 Å². The molecule has 4 rings (SSSR count). The normalized spacial score (nSPS) is 10.7. The number of nitro groups is 1. The van der Waals surface area contributed by atoms with Crippen molar-refractivity contribution in [2.75, 3.05) is 17.7 Å². The maximum Gasteiger partial charge on any atom is 0.353 e. The Balaban J connectivity index is 1.69. The molecule has 0 saturated heterocycles. The Kier molecular flexibility index (Phi) is 5.10. The quantitative estimate of drug-likeness (QED) is 0.320. The number of benzene rings is 2. The fourth-order valence-corrected chi connectivity index (χ4v) is 3.71. The highest BCUT2D eigenvalue weighted by molar-refractivity contribution is 7.22. The van der Waals surface area contributed by atoms with E-state index in [0.29, 0.717) is 21.6 Å². The third kappa shape index (κ3) is 4.03. The van der Waals surface area contributed by atoms with E-state index in [9.17, 15) is 10.1 Å². The molecule has 29 heavy (non-hydrogen) atoms. The molecule has 0 atom stereocenters. The largest absolute Gasteiger partial charge is 0.497 e. The molecule has 0 aliphatic heterocycles. The third-order valence-corrected chi connectivity index (χ3v) is 5.08. The van der Waals surface area contributed by atoms with Crippen LogP contribution in [0.1, 0.15) is 0 Å². The lowest BCUT2D eigenvalue weighted by molar-refractivity contribution is -0.383. The van der Waals surface area contributed by atoms with Crippen molar-refractivity contribution in [2.24, 2.45) is 0 Å². The number of rotatable bonds is 6. The van der Waals surface area contributed by atoms with Gasteiger partial charge >= 0.3 is 5.69 Å². The fraction of sp³-hybridized carbons (Fsp3) is 0.0556. The Bertz CT molecular complexity index is 1220. The molecule has 0 aliphatic carbocycles. The number of aromatic nitrogens is 3. The van der Waals surface area contributed by atoms with Crippen LogP contribution < -0.4 is 15.4 Å². The molecule has 0 unspecified atom stereocenters. The summed E-state index contributed by atoms with van der Waals surface area (Å²) >= 11 is 7.31. The molecule has 0 bridgehead atoms. The number of hydrogen-bond donors (Lipinski definition) is 2. The second-order valence-corrected chi connectivity index (χ2v) is 7.26. The second kappa shape index (κ2) is 7.86. The minimum absolute atomic E-state index is 0.0283. The smallest absolute Gasteiger partial charge is 0.353 e. The molecule has 0 saturated carbocycles. The van der Waals surface area contributed by atoms with Crippen LogP contribution in [0.3, 0.4) is 0 Å². The number of anilines is 4. The van der Waals surface area contributed by atoms with Gasteiger partial charge in [-0.15, -0.1) is 0 Å². The van der Waals surface area contributed by atoms with Gasteiger partial charge in [-0.3, -0.25) is 10.1 Å². The molecular formula is C18H13ClN6O3S. The zero-order valence-electron chi connectivity index (χ0n) is 14.9. The SMILES string of the molecule is COc1ccc2nc(Nc3ncnc(Nc4cccc(Cl)c4)c3[N+](=O)[O-])sc2c1. The average Bonchev–Trinajstić information content (AvgIpc) is 3.09. The second-order valence-electron chi connectivity index (χ2n) is 5.79. The molecule has 2 aromatic heterocycles. The molecule has 4 aromatic rings. The summed E-state index contributed by atoms with van der Waals surface area (Å²) in [5.41, 5.74) is 1.01. The first-order valence-electron chi connectivity index (χ1n) is 8.27. The summed E-state index contributed by atoms with van der Waals surface area (Å²) in [6, 6.07) is 12.3. The lowest BCUT2D eigenvalue weighted by Crippen LogP contribution is -2.05. The van der Waals surface area contributed by atoms with Gasteiger partial charge in [0.25, 0.3) is 0 Å². The van der Waals surface area contributed by atoms with E-state index in [2.05, 4.69) is 25.6 Å². The number of ether oxygens (including phenoxy) is 1. The summed E-state index contributed by atoms with van der Waals surface area (Å²) in [4.78, 5) is 23.7. The average molecular weight is 429 g/mol. The fourth-order valence-electron chi connectivity index (χ4n) is 2.62. The number of thiazole rings is 1. The van der Waals surface area contributed by atoms with E-state index >= 15 is 0 Å². The molecule has 2 aromatic carbocycles. The highest BCUT2D eigenvalue weighted by atomic mass is 35.5. The molecule has 2 heterocycles. The van der Waals surface area contributed by atoms with Crippen molar-refractivity contribution in [2.45, 2.75) is 0 Å². The van der Waals surface area contributed by atoms with Gasteiger partial charge in [-0.25, -0.2) is 15.0 Å². The van der Waals surface area contributed by atoms with Crippen LogP contribution in [0.25, 0.3) is 10.2 Å². The highest BCUT2D eigenvalue weighted by Gasteiger charge is 2.24. The predicted molar refractivity (Wildman–Crippen MR) is 113 cm³/mol. The molecule has 0 fully saturated rings. The van der Waals surface area contributed by atoms with Crippen molar-refractivity contribution in [3.05, 3.63) is 63.9 Å². The number of nitrogens with zero attached hydrogens (tertiary/aromatic N) is 4. The van der Waals surface area contributed by atoms with Crippen LogP contribution in [0.2, 0.25) is 5.02 Å². The van der Waals surface area contributed by atoms with Gasteiger partial charge in [0.05, 0.1) is 22.2 Å². The predicted octanol–water partition coefficient (Wildman–Crippen LogP) is 5.14. The van der Waals surface area contributed by atoms with Gasteiger partial charge in [0, 0.05) is 10.7 Å². The Morgan fingerprint density at radius 2 is 1.93 bits per heavy atom. The monoisotopic (exact) mass is 428 g/mol. The van der Waals surface area contributed by atoms with Gasteiger partial charge in [0.2, 0.25) is 11.6 Å². The van der Waals surface area contributed by atoms with Crippen molar-refractivity contribution in [1.29, 1.82) is 0 Å². The van der Waals surface area contributed by atoms with Crippen molar-refractivity contribution < 1.29 is 9.66 Å². The van der Waals surface area contributed by atoms with Gasteiger partial charge in [-0.2, -0.15) is 0 Å². The van der Waals surface area contributed by atoms with Gasteiger partial charge in [-0.1, -0.05) is 29.0 Å². The molecule has 9 nitrogen and oxygen atoms in total. The summed E-state index contributed by atoms with van der Waals surface area (Å²) in [5.74, 6) is 0.770. The standard InChI is InChI=1S/C18H13ClN6O3S/c1-28-12-5-6-13-14(8-12)29-18(23-13)24-17-15(25(26)27)16(20-9-21-17)22-11-4-2-3-10(19)7-11/h2-9H,1H3,(H2,20,21,22,23,24). The number of halogens is 1. The van der Waals surface area contributed by atoms with Gasteiger partial charge < -0.3 is 15.4 Å². The molecule has 11 heteroatoms. The van der Waals surface area contributed by atoms with Crippen molar-refractivity contribution in [1.82, 2.24) is 15.0 Å². The van der Waals surface area contributed by atoms with Crippen LogP contribution in [0.4, 0.5) is 28.1 Å². The van der Waals surface area contributed by atoms with Gasteiger partial charge in [0.15, 0.2) is 5.13 Å². The van der Waals surface area contributed by atoms with E-state index in [0.717, 1.165) is 10.2 Å². The summed E-state index contributed by atoms with van der Waals surface area (Å²) in [6.45, 7) is 0. The molecule has 0 amide bonds. The van der Waals surface area contributed by atoms with Crippen molar-refractivity contribution in [3.8, 4) is 5.75 Å². The molecule has 0 spiro atoms. The van der Waals surface area contributed by atoms with E-state index in [1.165, 1.54) is 17.7 Å². The zero-order valence-corrected chi connectivity index (χ0v) is 16.5. The lowest BCUT2D eigenvalue weighted by atomic mass is 10.3. The van der Waals surface area contributed by atoms with Crippen molar-refractivity contribution in [3.63, 3.8) is 0 Å². The van der Waals surface area contributed by atoms with Crippen LogP contribution in [-0.2, 0) is 0 Å². The maximum atomic E-state index is 11.7. The number of hydrogen-bond acceptors (Lipinski definition) is 9. The lowest BCUT2D eigenvalue weighted by Gasteiger charge is -2.09. The summed E-state index contributed by atoms with van der Waals surface area (Å²) in [7, 11) is 1.58. The number of fused-ring (bicyclic) bond motifs is 1. The van der Waals surface area contributed by atoms with E-state index in [1.807, 2.05) is 12.1 Å². The third-order valence-electron chi connectivity index (χ3n) is 3.91. The number of methoxy groups -OCH3 is 1. The minimum Gasteiger partial charge on any atom is -0.497 e. The van der Waals surface area contributed by atoms with Gasteiger partial charge in [0.1, 0.15) is 12.1 Å². The highest BCUT2D eigenvalue weighted by Crippen LogP contribution is 2.36. The zero-order chi connectivity index (χ0) is 20.4. The van der Waals surface area contributed by atoms with E-state index in [-0.39, 0.29) is 17.3 Å². The molecule has 0 aliphatic rings. The first kappa shape index (κ1) is 18.8.